The highest BCUT2D eigenvalue weighted by Gasteiger charge is 2.55. The fraction of sp³-hybridized carbons (Fsp3) is 0.286. The van der Waals surface area contributed by atoms with Crippen LogP contribution in [0.2, 0.25) is 0 Å². The Morgan fingerprint density at radius 2 is 1.88 bits per heavy atom. The van der Waals surface area contributed by atoms with Gasteiger partial charge in [-0.2, -0.15) is 0 Å². The van der Waals surface area contributed by atoms with E-state index in [1.54, 1.807) is 14.2 Å². The summed E-state index contributed by atoms with van der Waals surface area (Å²) in [6, 6.07) is 8.32. The Labute approximate surface area is 105 Å². The van der Waals surface area contributed by atoms with Crippen LogP contribution in [-0.4, -0.2) is 19.5 Å². The molecule has 1 aliphatic heterocycles. The van der Waals surface area contributed by atoms with Crippen LogP contribution in [0.15, 0.2) is 48.3 Å². The lowest BCUT2D eigenvalue weighted by Gasteiger charge is -2.14. The number of rotatable bonds is 3. The van der Waals surface area contributed by atoms with Crippen LogP contribution in [0.25, 0.3) is 0 Å². The molecule has 0 amide bonds. The van der Waals surface area contributed by atoms with Gasteiger partial charge in [-0.05, 0) is 29.8 Å². The molecule has 3 heteroatoms. The van der Waals surface area contributed by atoms with E-state index >= 15 is 0 Å². The monoisotopic (exact) mass is 246 g/mol. The van der Waals surface area contributed by atoms with Gasteiger partial charge in [-0.25, -0.2) is 0 Å². The summed E-state index contributed by atoms with van der Waals surface area (Å²) in [5.41, 5.74) is 1.33. The zero-order chi connectivity index (χ0) is 11.9. The highest BCUT2D eigenvalue weighted by Crippen LogP contribution is 2.64. The molecule has 3 rings (SSSR count). The van der Waals surface area contributed by atoms with E-state index in [-0.39, 0.29) is 4.75 Å². The SMILES string of the molecule is COC1=CC2SC2(c2ccc(OC)cc2)C=C1. The predicted octanol–water partition coefficient (Wildman–Crippen LogP) is 3.11. The van der Waals surface area contributed by atoms with Crippen LogP contribution in [0.4, 0.5) is 0 Å². The summed E-state index contributed by atoms with van der Waals surface area (Å²) in [6.45, 7) is 0. The molecule has 2 nitrogen and oxygen atoms in total. The summed E-state index contributed by atoms with van der Waals surface area (Å²) in [4.78, 5) is 0. The van der Waals surface area contributed by atoms with E-state index in [9.17, 15) is 0 Å². The molecular weight excluding hydrogens is 232 g/mol. The van der Waals surface area contributed by atoms with Crippen molar-refractivity contribution >= 4 is 11.8 Å². The highest BCUT2D eigenvalue weighted by molar-refractivity contribution is 8.08. The van der Waals surface area contributed by atoms with Gasteiger partial charge in [-0.3, -0.25) is 0 Å². The smallest absolute Gasteiger partial charge is 0.118 e. The van der Waals surface area contributed by atoms with Gasteiger partial charge in [-0.1, -0.05) is 18.2 Å². The lowest BCUT2D eigenvalue weighted by molar-refractivity contribution is 0.304. The molecule has 0 bridgehead atoms. The Morgan fingerprint density at radius 3 is 2.47 bits per heavy atom. The van der Waals surface area contributed by atoms with Gasteiger partial charge >= 0.3 is 0 Å². The minimum absolute atomic E-state index is 0.133. The lowest BCUT2D eigenvalue weighted by atomic mass is 9.92. The molecule has 2 aliphatic rings. The van der Waals surface area contributed by atoms with E-state index in [0.717, 1.165) is 11.5 Å². The third kappa shape index (κ3) is 1.65. The zero-order valence-corrected chi connectivity index (χ0v) is 10.7. The first kappa shape index (κ1) is 10.8. The second-order valence-electron chi connectivity index (χ2n) is 4.17. The van der Waals surface area contributed by atoms with Crippen molar-refractivity contribution in [2.75, 3.05) is 14.2 Å². The molecule has 0 spiro atoms. The molecule has 1 aromatic rings. The lowest BCUT2D eigenvalue weighted by Crippen LogP contribution is -2.11. The van der Waals surface area contributed by atoms with E-state index in [1.165, 1.54) is 5.56 Å². The molecule has 1 aliphatic carbocycles. The van der Waals surface area contributed by atoms with Crippen LogP contribution in [0, 0.1) is 0 Å². The first-order valence-electron chi connectivity index (χ1n) is 5.56. The van der Waals surface area contributed by atoms with Crippen molar-refractivity contribution in [2.45, 2.75) is 10.00 Å². The largest absolute Gasteiger partial charge is 0.497 e. The summed E-state index contributed by atoms with van der Waals surface area (Å²) < 4.78 is 10.6. The predicted molar refractivity (Wildman–Crippen MR) is 70.3 cm³/mol. The number of benzene rings is 1. The number of ether oxygens (including phenoxy) is 2. The van der Waals surface area contributed by atoms with Crippen LogP contribution in [-0.2, 0) is 9.48 Å². The molecule has 1 saturated heterocycles. The number of hydrogen-bond acceptors (Lipinski definition) is 3. The van der Waals surface area contributed by atoms with Gasteiger partial charge in [0.25, 0.3) is 0 Å². The third-order valence-electron chi connectivity index (χ3n) is 3.28. The second-order valence-corrected chi connectivity index (χ2v) is 5.59. The Balaban J connectivity index is 1.88. The van der Waals surface area contributed by atoms with Crippen molar-refractivity contribution in [3.05, 3.63) is 53.8 Å². The topological polar surface area (TPSA) is 18.5 Å². The average Bonchev–Trinajstić information content (AvgIpc) is 3.13. The summed E-state index contributed by atoms with van der Waals surface area (Å²) >= 11 is 1.95. The molecule has 2 atom stereocenters. The molecule has 0 aromatic heterocycles. The fourth-order valence-electron chi connectivity index (χ4n) is 2.19. The Bertz CT molecular complexity index is 489. The maximum Gasteiger partial charge on any atom is 0.118 e. The van der Waals surface area contributed by atoms with Gasteiger partial charge in [0.1, 0.15) is 11.5 Å². The number of allylic oxidation sites excluding steroid dienone is 1. The summed E-state index contributed by atoms with van der Waals surface area (Å²) in [5, 5.41) is 0.510. The van der Waals surface area contributed by atoms with E-state index in [1.807, 2.05) is 23.9 Å². The summed E-state index contributed by atoms with van der Waals surface area (Å²) in [5.74, 6) is 1.87. The van der Waals surface area contributed by atoms with Gasteiger partial charge in [-0.15, -0.1) is 11.8 Å². The number of hydrogen-bond donors (Lipinski definition) is 0. The number of methoxy groups -OCH3 is 2. The van der Waals surface area contributed by atoms with Gasteiger partial charge in [0, 0.05) is 0 Å². The molecule has 0 N–H and O–H groups in total. The maximum atomic E-state index is 5.25. The molecule has 1 fully saturated rings. The number of thioether (sulfide) groups is 1. The first-order valence-corrected chi connectivity index (χ1v) is 6.44. The maximum absolute atomic E-state index is 5.25. The van der Waals surface area contributed by atoms with Crippen molar-refractivity contribution in [1.29, 1.82) is 0 Å². The van der Waals surface area contributed by atoms with Crippen molar-refractivity contribution in [3.63, 3.8) is 0 Å². The van der Waals surface area contributed by atoms with Crippen LogP contribution in [0.1, 0.15) is 5.56 Å². The number of fused-ring (bicyclic) bond motifs is 1. The van der Waals surface area contributed by atoms with Crippen LogP contribution < -0.4 is 4.74 Å². The molecule has 0 saturated carbocycles. The summed E-state index contributed by atoms with van der Waals surface area (Å²) in [6.07, 6.45) is 6.48. The van der Waals surface area contributed by atoms with Crippen molar-refractivity contribution in [2.24, 2.45) is 0 Å². The average molecular weight is 246 g/mol. The minimum Gasteiger partial charge on any atom is -0.497 e. The molecule has 0 radical (unpaired) electrons. The van der Waals surface area contributed by atoms with E-state index in [0.29, 0.717) is 5.25 Å². The van der Waals surface area contributed by atoms with Gasteiger partial charge in [0.15, 0.2) is 0 Å². The highest BCUT2D eigenvalue weighted by atomic mass is 32.2. The van der Waals surface area contributed by atoms with Gasteiger partial charge in [0.05, 0.1) is 24.2 Å². The van der Waals surface area contributed by atoms with E-state index in [4.69, 9.17) is 9.47 Å². The standard InChI is InChI=1S/C14H14O2S/c1-15-11-5-3-10(4-6-11)14-8-7-12(16-2)9-13(14)17-14/h3-9,13H,1-2H3. The van der Waals surface area contributed by atoms with Crippen molar-refractivity contribution < 1.29 is 9.47 Å². The fourth-order valence-corrected chi connectivity index (χ4v) is 3.45. The second kappa shape index (κ2) is 3.84. The van der Waals surface area contributed by atoms with Gasteiger partial charge < -0.3 is 9.47 Å². The Hall–Kier alpha value is -1.35. The third-order valence-corrected chi connectivity index (χ3v) is 4.80. The first-order chi connectivity index (χ1) is 8.28. The molecule has 1 heterocycles. The van der Waals surface area contributed by atoms with Crippen molar-refractivity contribution in [3.8, 4) is 5.75 Å². The minimum atomic E-state index is 0.133. The molecule has 88 valence electrons. The summed E-state index contributed by atoms with van der Waals surface area (Å²) in [7, 11) is 3.40. The van der Waals surface area contributed by atoms with Crippen LogP contribution in [0.5, 0.6) is 5.75 Å². The van der Waals surface area contributed by atoms with Gasteiger partial charge in [0.2, 0.25) is 0 Å². The Kier molecular flexibility index (Phi) is 2.44. The zero-order valence-electron chi connectivity index (χ0n) is 9.84. The quantitative estimate of drug-likeness (QED) is 0.763. The normalized spacial score (nSPS) is 29.3. The van der Waals surface area contributed by atoms with Crippen LogP contribution in [0.3, 0.4) is 0 Å². The van der Waals surface area contributed by atoms with E-state index in [2.05, 4.69) is 30.4 Å². The molecule has 2 unspecified atom stereocenters. The molecular formula is C14H14O2S. The molecule has 1 aromatic carbocycles. The van der Waals surface area contributed by atoms with Crippen molar-refractivity contribution in [1.82, 2.24) is 0 Å². The van der Waals surface area contributed by atoms with E-state index < -0.39 is 0 Å². The molecule has 17 heavy (non-hydrogen) atoms. The van der Waals surface area contributed by atoms with Crippen LogP contribution >= 0.6 is 11.8 Å². The Morgan fingerprint density at radius 1 is 1.12 bits per heavy atom.